The number of rotatable bonds is 1. The molecule has 0 radical (unpaired) electrons. The lowest BCUT2D eigenvalue weighted by Gasteiger charge is -2.02. The van der Waals surface area contributed by atoms with Gasteiger partial charge in [-0.1, -0.05) is 30.3 Å². The van der Waals surface area contributed by atoms with E-state index in [1.165, 1.54) is 0 Å². The lowest BCUT2D eigenvalue weighted by atomic mass is 10.2. The zero-order chi connectivity index (χ0) is 9.80. The van der Waals surface area contributed by atoms with E-state index >= 15 is 0 Å². The van der Waals surface area contributed by atoms with Gasteiger partial charge < -0.3 is 5.32 Å². The number of benzene rings is 1. The minimum Gasteiger partial charge on any atom is -0.352 e. The number of carbonyl (C=O) groups excluding carboxylic acids is 1. The molecule has 1 N–H and O–H groups in total. The Morgan fingerprint density at radius 1 is 1.21 bits per heavy atom. The maximum Gasteiger partial charge on any atom is 0.245 e. The van der Waals surface area contributed by atoms with Gasteiger partial charge in [0.15, 0.2) is 0 Å². The zero-order valence-corrected chi connectivity index (χ0v) is 8.51. The minimum absolute atomic E-state index is 0.00820. The molecular weight excluding hydrogens is 194 g/mol. The molecule has 14 heavy (non-hydrogen) atoms. The van der Waals surface area contributed by atoms with Gasteiger partial charge in [-0.2, -0.15) is 0 Å². The number of carbonyl (C=O) groups is 1. The molecule has 1 amide bonds. The third kappa shape index (κ3) is 2.17. The van der Waals surface area contributed by atoms with Gasteiger partial charge in [-0.25, -0.2) is 0 Å². The van der Waals surface area contributed by atoms with Crippen molar-refractivity contribution in [1.82, 2.24) is 5.32 Å². The van der Waals surface area contributed by atoms with Crippen molar-refractivity contribution in [2.45, 2.75) is 0 Å². The van der Waals surface area contributed by atoms with Gasteiger partial charge in [0.25, 0.3) is 0 Å². The summed E-state index contributed by atoms with van der Waals surface area (Å²) < 4.78 is 0. The van der Waals surface area contributed by atoms with Crippen molar-refractivity contribution in [2.75, 3.05) is 12.3 Å². The molecule has 0 fully saturated rings. The second-order valence-corrected chi connectivity index (χ2v) is 4.15. The second-order valence-electron chi connectivity index (χ2n) is 3.01. The van der Waals surface area contributed by atoms with Crippen molar-refractivity contribution >= 4 is 22.6 Å². The van der Waals surface area contributed by atoms with Crippen molar-refractivity contribution in [3.8, 4) is 0 Å². The van der Waals surface area contributed by atoms with E-state index in [1.807, 2.05) is 30.3 Å². The SMILES string of the molecule is O=C1C=C(c2ccccc2)SCCN1. The molecule has 0 spiro atoms. The fourth-order valence-electron chi connectivity index (χ4n) is 1.32. The van der Waals surface area contributed by atoms with Gasteiger partial charge in [-0.15, -0.1) is 11.8 Å². The summed E-state index contributed by atoms with van der Waals surface area (Å²) in [5.41, 5.74) is 1.12. The standard InChI is InChI=1S/C11H11NOS/c13-11-8-10(14-7-6-12-11)9-4-2-1-3-5-9/h1-5,8H,6-7H2,(H,12,13). The lowest BCUT2D eigenvalue weighted by molar-refractivity contribution is -0.116. The van der Waals surface area contributed by atoms with Crippen LogP contribution in [-0.2, 0) is 4.79 Å². The fourth-order valence-corrected chi connectivity index (χ4v) is 2.23. The first kappa shape index (κ1) is 9.34. The topological polar surface area (TPSA) is 29.1 Å². The maximum atomic E-state index is 11.3. The predicted octanol–water partition coefficient (Wildman–Crippen LogP) is 1.89. The first-order valence-corrected chi connectivity index (χ1v) is 5.52. The van der Waals surface area contributed by atoms with Gasteiger partial charge in [0.05, 0.1) is 0 Å². The van der Waals surface area contributed by atoms with E-state index in [4.69, 9.17) is 0 Å². The van der Waals surface area contributed by atoms with Crippen LogP contribution in [-0.4, -0.2) is 18.2 Å². The summed E-state index contributed by atoms with van der Waals surface area (Å²) >= 11 is 1.72. The van der Waals surface area contributed by atoms with E-state index in [2.05, 4.69) is 5.32 Å². The van der Waals surface area contributed by atoms with Crippen LogP contribution in [0.4, 0.5) is 0 Å². The number of hydrogen-bond acceptors (Lipinski definition) is 2. The molecule has 0 saturated heterocycles. The smallest absolute Gasteiger partial charge is 0.245 e. The summed E-state index contributed by atoms with van der Waals surface area (Å²) in [7, 11) is 0. The van der Waals surface area contributed by atoms with Crippen LogP contribution in [0.15, 0.2) is 36.4 Å². The molecular formula is C11H11NOS. The Morgan fingerprint density at radius 3 is 2.79 bits per heavy atom. The predicted molar refractivity (Wildman–Crippen MR) is 59.9 cm³/mol. The molecule has 1 aromatic rings. The molecule has 3 heteroatoms. The van der Waals surface area contributed by atoms with Gasteiger partial charge in [0, 0.05) is 23.3 Å². The third-order valence-electron chi connectivity index (χ3n) is 1.98. The molecule has 0 aliphatic carbocycles. The van der Waals surface area contributed by atoms with Crippen LogP contribution in [0.25, 0.3) is 4.91 Å². The summed E-state index contributed by atoms with van der Waals surface area (Å²) in [5, 5.41) is 2.81. The molecule has 0 aromatic heterocycles. The first-order valence-electron chi connectivity index (χ1n) is 4.54. The Bertz CT molecular complexity index is 359. The van der Waals surface area contributed by atoms with E-state index in [0.29, 0.717) is 0 Å². The molecule has 1 aliphatic rings. The number of amides is 1. The number of hydrogen-bond donors (Lipinski definition) is 1. The van der Waals surface area contributed by atoms with Gasteiger partial charge in [0.1, 0.15) is 0 Å². The second kappa shape index (κ2) is 4.33. The highest BCUT2D eigenvalue weighted by molar-refractivity contribution is 8.08. The molecule has 1 aromatic carbocycles. The van der Waals surface area contributed by atoms with Crippen LogP contribution < -0.4 is 5.32 Å². The Kier molecular flexibility index (Phi) is 2.89. The fraction of sp³-hybridized carbons (Fsp3) is 0.182. The quantitative estimate of drug-likeness (QED) is 0.758. The molecule has 0 bridgehead atoms. The van der Waals surface area contributed by atoms with Crippen molar-refractivity contribution in [3.05, 3.63) is 42.0 Å². The average molecular weight is 205 g/mol. The van der Waals surface area contributed by atoms with Crippen LogP contribution >= 0.6 is 11.8 Å². The van der Waals surface area contributed by atoms with Crippen LogP contribution in [0.1, 0.15) is 5.56 Å². The van der Waals surface area contributed by atoms with Gasteiger partial charge in [-0.3, -0.25) is 4.79 Å². The van der Waals surface area contributed by atoms with Crippen molar-refractivity contribution in [1.29, 1.82) is 0 Å². The normalized spacial score (nSPS) is 16.9. The van der Waals surface area contributed by atoms with Crippen molar-refractivity contribution in [2.24, 2.45) is 0 Å². The van der Waals surface area contributed by atoms with Gasteiger partial charge in [0.2, 0.25) is 5.91 Å². The zero-order valence-electron chi connectivity index (χ0n) is 7.69. The molecule has 0 saturated carbocycles. The summed E-state index contributed by atoms with van der Waals surface area (Å²) in [6.45, 7) is 0.746. The van der Waals surface area contributed by atoms with E-state index in [9.17, 15) is 4.79 Å². The monoisotopic (exact) mass is 205 g/mol. The van der Waals surface area contributed by atoms with Crippen LogP contribution in [0.5, 0.6) is 0 Å². The minimum atomic E-state index is 0.00820. The van der Waals surface area contributed by atoms with Gasteiger partial charge in [-0.05, 0) is 5.56 Å². The Morgan fingerprint density at radius 2 is 2.00 bits per heavy atom. The highest BCUT2D eigenvalue weighted by Gasteiger charge is 2.08. The van der Waals surface area contributed by atoms with E-state index in [-0.39, 0.29) is 5.91 Å². The molecule has 0 unspecified atom stereocenters. The Balaban J connectivity index is 2.28. The van der Waals surface area contributed by atoms with E-state index in [0.717, 1.165) is 22.8 Å². The highest BCUT2D eigenvalue weighted by Crippen LogP contribution is 2.27. The molecule has 1 heterocycles. The van der Waals surface area contributed by atoms with E-state index in [1.54, 1.807) is 17.8 Å². The van der Waals surface area contributed by atoms with Crippen molar-refractivity contribution < 1.29 is 4.79 Å². The van der Waals surface area contributed by atoms with Crippen LogP contribution in [0, 0.1) is 0 Å². The van der Waals surface area contributed by atoms with Crippen molar-refractivity contribution in [3.63, 3.8) is 0 Å². The molecule has 1 aliphatic heterocycles. The Labute approximate surface area is 87.4 Å². The average Bonchev–Trinajstić information content (AvgIpc) is 2.44. The molecule has 0 atom stereocenters. The number of nitrogens with one attached hydrogen (secondary N) is 1. The summed E-state index contributed by atoms with van der Waals surface area (Å²) in [6, 6.07) is 10.00. The molecule has 2 nitrogen and oxygen atoms in total. The lowest BCUT2D eigenvalue weighted by Crippen LogP contribution is -2.21. The maximum absolute atomic E-state index is 11.3. The summed E-state index contributed by atoms with van der Waals surface area (Å²) in [6.07, 6.45) is 1.67. The summed E-state index contributed by atoms with van der Waals surface area (Å²) in [5.74, 6) is 0.945. The summed E-state index contributed by atoms with van der Waals surface area (Å²) in [4.78, 5) is 12.3. The van der Waals surface area contributed by atoms with Crippen LogP contribution in [0.2, 0.25) is 0 Å². The molecule has 2 rings (SSSR count). The highest BCUT2D eigenvalue weighted by atomic mass is 32.2. The largest absolute Gasteiger partial charge is 0.352 e. The van der Waals surface area contributed by atoms with E-state index < -0.39 is 0 Å². The Hall–Kier alpha value is -1.22. The first-order chi connectivity index (χ1) is 6.86. The molecule has 72 valence electrons. The third-order valence-corrected chi connectivity index (χ3v) is 3.05. The van der Waals surface area contributed by atoms with Crippen LogP contribution in [0.3, 0.4) is 0 Å². The van der Waals surface area contributed by atoms with Gasteiger partial charge >= 0.3 is 0 Å². The number of thioether (sulfide) groups is 1.